The van der Waals surface area contributed by atoms with Crippen LogP contribution in [0.3, 0.4) is 0 Å². The van der Waals surface area contributed by atoms with Gasteiger partial charge in [0, 0.05) is 30.4 Å². The molecular formula is C24H23N5. The van der Waals surface area contributed by atoms with E-state index in [1.165, 1.54) is 22.4 Å². The molecule has 5 nitrogen and oxygen atoms in total. The summed E-state index contributed by atoms with van der Waals surface area (Å²) in [4.78, 5) is 10.9. The van der Waals surface area contributed by atoms with Gasteiger partial charge >= 0.3 is 0 Å². The first-order chi connectivity index (χ1) is 14.2. The molecule has 1 fully saturated rings. The zero-order valence-corrected chi connectivity index (χ0v) is 16.4. The van der Waals surface area contributed by atoms with Crippen LogP contribution in [0.4, 0.5) is 11.5 Å². The summed E-state index contributed by atoms with van der Waals surface area (Å²) in [7, 11) is 0. The number of nitrogens with one attached hydrogen (secondary N) is 1. The second kappa shape index (κ2) is 7.21. The highest BCUT2D eigenvalue weighted by Crippen LogP contribution is 2.46. The number of fused-ring (bicyclic) bond motifs is 5. The van der Waals surface area contributed by atoms with Crippen LogP contribution in [-0.4, -0.2) is 22.6 Å². The van der Waals surface area contributed by atoms with E-state index >= 15 is 0 Å². The van der Waals surface area contributed by atoms with Crippen LogP contribution in [0, 0.1) is 11.3 Å². The number of rotatable bonds is 2. The fourth-order valence-corrected chi connectivity index (χ4v) is 4.87. The van der Waals surface area contributed by atoms with E-state index in [4.69, 9.17) is 0 Å². The van der Waals surface area contributed by atoms with Crippen LogP contribution in [0.2, 0.25) is 0 Å². The van der Waals surface area contributed by atoms with Crippen molar-refractivity contribution in [3.63, 3.8) is 0 Å². The van der Waals surface area contributed by atoms with Crippen LogP contribution < -0.4 is 10.2 Å². The van der Waals surface area contributed by atoms with Gasteiger partial charge in [-0.3, -0.25) is 0 Å². The highest BCUT2D eigenvalue weighted by Gasteiger charge is 2.36. The molecule has 1 aromatic heterocycles. The van der Waals surface area contributed by atoms with Gasteiger partial charge in [0.1, 0.15) is 12.1 Å². The number of anilines is 2. The quantitative estimate of drug-likeness (QED) is 0.701. The van der Waals surface area contributed by atoms with Crippen molar-refractivity contribution in [2.24, 2.45) is 0 Å². The molecule has 3 heterocycles. The molecule has 0 saturated carbocycles. The van der Waals surface area contributed by atoms with Gasteiger partial charge in [0.05, 0.1) is 17.7 Å². The van der Waals surface area contributed by atoms with Crippen LogP contribution in [-0.2, 0) is 0 Å². The molecule has 5 heteroatoms. The maximum absolute atomic E-state index is 9.42. The average molecular weight is 381 g/mol. The Balaban J connectivity index is 1.56. The van der Waals surface area contributed by atoms with Crippen LogP contribution >= 0.6 is 0 Å². The lowest BCUT2D eigenvalue weighted by molar-refractivity contribution is 0.437. The minimum absolute atomic E-state index is 0.258. The Morgan fingerprint density at radius 2 is 1.97 bits per heavy atom. The first-order valence-corrected chi connectivity index (χ1v) is 10.2. The molecule has 0 bridgehead atoms. The van der Waals surface area contributed by atoms with Gasteiger partial charge in [0.15, 0.2) is 0 Å². The molecule has 1 unspecified atom stereocenters. The summed E-state index contributed by atoms with van der Waals surface area (Å²) in [5, 5.41) is 13.0. The zero-order chi connectivity index (χ0) is 19.8. The van der Waals surface area contributed by atoms with Crippen molar-refractivity contribution in [3.05, 3.63) is 83.3 Å². The molecule has 3 atom stereocenters. The van der Waals surface area contributed by atoms with E-state index in [0.29, 0.717) is 12.1 Å². The molecule has 2 aliphatic heterocycles. The zero-order valence-electron chi connectivity index (χ0n) is 16.4. The van der Waals surface area contributed by atoms with Crippen molar-refractivity contribution in [1.82, 2.24) is 9.97 Å². The number of piperidine rings is 1. The molecule has 0 radical (unpaired) electrons. The van der Waals surface area contributed by atoms with Crippen molar-refractivity contribution in [3.8, 4) is 6.07 Å². The largest absolute Gasteiger partial charge is 0.367 e. The SMILES string of the molecule is C[C@H]1c2ccccc2[C@@H]2CC(Nc3ccncn3)CCN2c2ccc(C#N)cc21. The Morgan fingerprint density at radius 1 is 1.10 bits per heavy atom. The van der Waals surface area contributed by atoms with Gasteiger partial charge in [-0.15, -0.1) is 0 Å². The van der Waals surface area contributed by atoms with Gasteiger partial charge < -0.3 is 10.2 Å². The number of benzene rings is 2. The fraction of sp³-hybridized carbons (Fsp3) is 0.292. The van der Waals surface area contributed by atoms with Gasteiger partial charge in [0.25, 0.3) is 0 Å². The molecule has 0 aliphatic carbocycles. The van der Waals surface area contributed by atoms with Gasteiger partial charge in [-0.1, -0.05) is 31.2 Å². The Labute approximate surface area is 171 Å². The summed E-state index contributed by atoms with van der Waals surface area (Å²) in [6.07, 6.45) is 5.41. The Morgan fingerprint density at radius 3 is 2.76 bits per heavy atom. The molecule has 2 aromatic carbocycles. The smallest absolute Gasteiger partial charge is 0.129 e. The predicted octanol–water partition coefficient (Wildman–Crippen LogP) is 4.64. The molecule has 0 amide bonds. The van der Waals surface area contributed by atoms with Gasteiger partial charge in [-0.05, 0) is 53.8 Å². The second-order valence-corrected chi connectivity index (χ2v) is 7.91. The lowest BCUT2D eigenvalue weighted by Crippen LogP contribution is -2.41. The van der Waals surface area contributed by atoms with Crippen LogP contribution in [0.15, 0.2) is 61.1 Å². The summed E-state index contributed by atoms with van der Waals surface area (Å²) < 4.78 is 0. The first kappa shape index (κ1) is 17.7. The van der Waals surface area contributed by atoms with E-state index in [9.17, 15) is 5.26 Å². The van der Waals surface area contributed by atoms with Crippen molar-refractivity contribution < 1.29 is 0 Å². The predicted molar refractivity (Wildman–Crippen MR) is 114 cm³/mol. The summed E-state index contributed by atoms with van der Waals surface area (Å²) >= 11 is 0. The van der Waals surface area contributed by atoms with E-state index in [1.54, 1.807) is 12.5 Å². The topological polar surface area (TPSA) is 64.8 Å². The third kappa shape index (κ3) is 3.11. The molecule has 1 saturated heterocycles. The van der Waals surface area contributed by atoms with E-state index in [0.717, 1.165) is 30.8 Å². The highest BCUT2D eigenvalue weighted by atomic mass is 15.2. The van der Waals surface area contributed by atoms with E-state index in [-0.39, 0.29) is 5.92 Å². The third-order valence-electron chi connectivity index (χ3n) is 6.29. The molecule has 144 valence electrons. The Bertz CT molecular complexity index is 1070. The number of nitrogens with zero attached hydrogens (tertiary/aromatic N) is 4. The number of aromatic nitrogens is 2. The number of hydrogen-bond donors (Lipinski definition) is 1. The van der Waals surface area contributed by atoms with Gasteiger partial charge in [0.2, 0.25) is 0 Å². The summed E-state index contributed by atoms with van der Waals surface area (Å²) in [5.74, 6) is 1.14. The van der Waals surface area contributed by atoms with E-state index in [2.05, 4.69) is 69.6 Å². The summed E-state index contributed by atoms with van der Waals surface area (Å²) in [6.45, 7) is 3.22. The second-order valence-electron chi connectivity index (χ2n) is 7.91. The van der Waals surface area contributed by atoms with E-state index < -0.39 is 0 Å². The Kier molecular flexibility index (Phi) is 4.40. The maximum atomic E-state index is 9.42. The lowest BCUT2D eigenvalue weighted by atomic mass is 9.86. The lowest BCUT2D eigenvalue weighted by Gasteiger charge is -2.41. The van der Waals surface area contributed by atoms with E-state index in [1.807, 2.05) is 12.1 Å². The molecule has 1 N–H and O–H groups in total. The van der Waals surface area contributed by atoms with Crippen molar-refractivity contribution in [1.29, 1.82) is 5.26 Å². The number of hydrogen-bond acceptors (Lipinski definition) is 5. The maximum Gasteiger partial charge on any atom is 0.129 e. The molecule has 0 spiro atoms. The van der Waals surface area contributed by atoms with Gasteiger partial charge in [-0.25, -0.2) is 9.97 Å². The van der Waals surface area contributed by atoms with Crippen LogP contribution in [0.25, 0.3) is 0 Å². The minimum atomic E-state index is 0.258. The summed E-state index contributed by atoms with van der Waals surface area (Å²) in [6, 6.07) is 19.8. The molecule has 3 aromatic rings. The number of nitriles is 1. The normalized spacial score (nSPS) is 22.5. The summed E-state index contributed by atoms with van der Waals surface area (Å²) in [5.41, 5.74) is 5.99. The third-order valence-corrected chi connectivity index (χ3v) is 6.29. The van der Waals surface area contributed by atoms with Gasteiger partial charge in [-0.2, -0.15) is 5.26 Å². The van der Waals surface area contributed by atoms with Crippen molar-refractivity contribution in [2.75, 3.05) is 16.8 Å². The Hall–Kier alpha value is -3.39. The average Bonchev–Trinajstić information content (AvgIpc) is 2.88. The monoisotopic (exact) mass is 381 g/mol. The van der Waals surface area contributed by atoms with Crippen molar-refractivity contribution in [2.45, 2.75) is 37.8 Å². The molecule has 2 aliphatic rings. The molecular weight excluding hydrogens is 358 g/mol. The standard InChI is InChI=1S/C24H23N5/c1-16-19-4-2-3-5-20(19)23-13-18(28-24-8-10-26-15-27-24)9-11-29(23)22-7-6-17(14-25)12-21(16)22/h2-8,10,12,15-16,18,23H,9,11,13H2,1H3,(H,26,27,28)/t16-,18?,23-/m0/s1. The fourth-order valence-electron chi connectivity index (χ4n) is 4.87. The van der Waals surface area contributed by atoms with Crippen LogP contribution in [0.5, 0.6) is 0 Å². The van der Waals surface area contributed by atoms with Crippen LogP contribution in [0.1, 0.15) is 54.0 Å². The van der Waals surface area contributed by atoms with Crippen molar-refractivity contribution >= 4 is 11.5 Å². The first-order valence-electron chi connectivity index (χ1n) is 10.2. The molecule has 29 heavy (non-hydrogen) atoms. The minimum Gasteiger partial charge on any atom is -0.367 e. The highest BCUT2D eigenvalue weighted by molar-refractivity contribution is 5.64. The molecule has 5 rings (SSSR count).